The fourth-order valence-corrected chi connectivity index (χ4v) is 2.78. The molecular weight excluding hydrogens is 242 g/mol. The molecule has 0 aliphatic carbocycles. The Hall–Kier alpha value is 0.400. The molecular formula is C11H22BrNO. The Kier molecular flexibility index (Phi) is 5.42. The van der Waals surface area contributed by atoms with Crippen molar-refractivity contribution in [2.45, 2.75) is 26.3 Å². The van der Waals surface area contributed by atoms with Crippen molar-refractivity contribution < 1.29 is 4.74 Å². The van der Waals surface area contributed by atoms with Crippen LogP contribution in [0.15, 0.2) is 0 Å². The number of alkyl halides is 1. The second kappa shape index (κ2) is 6.09. The molecule has 0 saturated carbocycles. The fraction of sp³-hybridized carbons (Fsp3) is 1.00. The van der Waals surface area contributed by atoms with Gasteiger partial charge in [-0.05, 0) is 25.3 Å². The first-order chi connectivity index (χ1) is 6.65. The van der Waals surface area contributed by atoms with Crippen molar-refractivity contribution in [1.82, 2.24) is 4.90 Å². The van der Waals surface area contributed by atoms with Crippen molar-refractivity contribution in [1.29, 1.82) is 0 Å². The average molecular weight is 264 g/mol. The van der Waals surface area contributed by atoms with Gasteiger partial charge in [0.2, 0.25) is 0 Å². The molecule has 1 heterocycles. The maximum Gasteiger partial charge on any atom is 0.0622 e. The van der Waals surface area contributed by atoms with Gasteiger partial charge in [0.05, 0.1) is 6.61 Å². The standard InChI is InChI=1S/C11H22BrNO/c1-9(2)10(6-12)7-13(3)11-4-5-14-8-11/h9-11H,4-8H2,1-3H3. The summed E-state index contributed by atoms with van der Waals surface area (Å²) in [5.41, 5.74) is 0. The Labute approximate surface area is 96.1 Å². The molecule has 1 rings (SSSR count). The minimum absolute atomic E-state index is 0.648. The predicted octanol–water partition coefficient (Wildman–Crippen LogP) is 2.37. The van der Waals surface area contributed by atoms with E-state index < -0.39 is 0 Å². The van der Waals surface area contributed by atoms with Gasteiger partial charge >= 0.3 is 0 Å². The van der Waals surface area contributed by atoms with Gasteiger partial charge in [0.15, 0.2) is 0 Å². The zero-order chi connectivity index (χ0) is 10.6. The molecule has 1 aliphatic rings. The third-order valence-corrected chi connectivity index (χ3v) is 4.02. The molecule has 2 atom stereocenters. The third-order valence-electron chi connectivity index (χ3n) is 3.19. The number of ether oxygens (including phenoxy) is 1. The molecule has 0 aromatic carbocycles. The number of halogens is 1. The van der Waals surface area contributed by atoms with Crippen molar-refractivity contribution in [2.75, 3.05) is 32.1 Å². The van der Waals surface area contributed by atoms with Crippen LogP contribution in [0.1, 0.15) is 20.3 Å². The quantitative estimate of drug-likeness (QED) is 0.707. The molecule has 2 unspecified atom stereocenters. The van der Waals surface area contributed by atoms with Gasteiger partial charge < -0.3 is 9.64 Å². The Morgan fingerprint density at radius 3 is 2.64 bits per heavy atom. The fourth-order valence-electron chi connectivity index (χ4n) is 1.83. The second-order valence-corrected chi connectivity index (χ2v) is 5.26. The Morgan fingerprint density at radius 2 is 2.21 bits per heavy atom. The van der Waals surface area contributed by atoms with Gasteiger partial charge in [-0.15, -0.1) is 0 Å². The van der Waals surface area contributed by atoms with E-state index in [9.17, 15) is 0 Å². The summed E-state index contributed by atoms with van der Waals surface area (Å²) in [6.07, 6.45) is 1.20. The van der Waals surface area contributed by atoms with Crippen molar-refractivity contribution in [3.63, 3.8) is 0 Å². The number of likely N-dealkylation sites (N-methyl/N-ethyl adjacent to an activating group) is 1. The van der Waals surface area contributed by atoms with Gasteiger partial charge in [-0.3, -0.25) is 0 Å². The van der Waals surface area contributed by atoms with E-state index in [1.54, 1.807) is 0 Å². The minimum Gasteiger partial charge on any atom is -0.380 e. The molecule has 1 aliphatic heterocycles. The first-order valence-electron chi connectivity index (χ1n) is 5.49. The average Bonchev–Trinajstić information content (AvgIpc) is 2.65. The van der Waals surface area contributed by atoms with Crippen LogP contribution in [0.4, 0.5) is 0 Å². The van der Waals surface area contributed by atoms with E-state index >= 15 is 0 Å². The van der Waals surface area contributed by atoms with Crippen molar-refractivity contribution in [2.24, 2.45) is 11.8 Å². The minimum atomic E-state index is 0.648. The highest BCUT2D eigenvalue weighted by Crippen LogP contribution is 2.18. The van der Waals surface area contributed by atoms with Gasteiger partial charge in [-0.2, -0.15) is 0 Å². The third kappa shape index (κ3) is 3.52. The van der Waals surface area contributed by atoms with Crippen LogP contribution in [0, 0.1) is 11.8 Å². The van der Waals surface area contributed by atoms with E-state index in [1.807, 2.05) is 0 Å². The largest absolute Gasteiger partial charge is 0.380 e. The summed E-state index contributed by atoms with van der Waals surface area (Å²) in [6.45, 7) is 7.63. The van der Waals surface area contributed by atoms with Gasteiger partial charge in [-0.25, -0.2) is 0 Å². The van der Waals surface area contributed by atoms with Crippen LogP contribution in [0.25, 0.3) is 0 Å². The summed E-state index contributed by atoms with van der Waals surface area (Å²) in [4.78, 5) is 2.46. The summed E-state index contributed by atoms with van der Waals surface area (Å²) in [6, 6.07) is 0.648. The van der Waals surface area contributed by atoms with Crippen LogP contribution >= 0.6 is 15.9 Å². The first-order valence-corrected chi connectivity index (χ1v) is 6.61. The summed E-state index contributed by atoms with van der Waals surface area (Å²) < 4.78 is 5.40. The van der Waals surface area contributed by atoms with Crippen molar-refractivity contribution >= 4 is 15.9 Å². The molecule has 14 heavy (non-hydrogen) atoms. The lowest BCUT2D eigenvalue weighted by atomic mass is 9.97. The predicted molar refractivity (Wildman–Crippen MR) is 64.0 cm³/mol. The Balaban J connectivity index is 2.33. The Bertz CT molecular complexity index is 157. The second-order valence-electron chi connectivity index (χ2n) is 4.62. The van der Waals surface area contributed by atoms with Crippen molar-refractivity contribution in [3.05, 3.63) is 0 Å². The van der Waals surface area contributed by atoms with Crippen molar-refractivity contribution in [3.8, 4) is 0 Å². The number of rotatable bonds is 5. The van der Waals surface area contributed by atoms with Gasteiger partial charge in [0, 0.05) is 24.5 Å². The highest BCUT2D eigenvalue weighted by molar-refractivity contribution is 9.09. The monoisotopic (exact) mass is 263 g/mol. The number of nitrogens with zero attached hydrogens (tertiary/aromatic N) is 1. The molecule has 3 heteroatoms. The van der Waals surface area contributed by atoms with Crippen LogP contribution in [0.5, 0.6) is 0 Å². The molecule has 2 nitrogen and oxygen atoms in total. The summed E-state index contributed by atoms with van der Waals surface area (Å²) in [5.74, 6) is 1.50. The van der Waals surface area contributed by atoms with E-state index in [4.69, 9.17) is 4.74 Å². The van der Waals surface area contributed by atoms with Gasteiger partial charge in [0.1, 0.15) is 0 Å². The molecule has 0 spiro atoms. The Morgan fingerprint density at radius 1 is 1.50 bits per heavy atom. The van der Waals surface area contributed by atoms with E-state index in [2.05, 4.69) is 41.7 Å². The molecule has 0 N–H and O–H groups in total. The topological polar surface area (TPSA) is 12.5 Å². The van der Waals surface area contributed by atoms with Crippen LogP contribution in [0.2, 0.25) is 0 Å². The van der Waals surface area contributed by atoms with E-state index in [-0.39, 0.29) is 0 Å². The SMILES string of the molecule is CC(C)C(CBr)CN(C)C1CCOC1. The van der Waals surface area contributed by atoms with E-state index in [0.29, 0.717) is 6.04 Å². The summed E-state index contributed by atoms with van der Waals surface area (Å²) in [7, 11) is 2.22. The molecule has 84 valence electrons. The van der Waals surface area contributed by atoms with Crippen LogP contribution in [-0.4, -0.2) is 43.1 Å². The molecule has 0 aromatic heterocycles. The summed E-state index contributed by atoms with van der Waals surface area (Å²) >= 11 is 3.60. The molecule has 0 aromatic rings. The highest BCUT2D eigenvalue weighted by atomic mass is 79.9. The smallest absolute Gasteiger partial charge is 0.0622 e. The molecule has 0 bridgehead atoms. The lowest BCUT2D eigenvalue weighted by Crippen LogP contribution is -2.37. The lowest BCUT2D eigenvalue weighted by Gasteiger charge is -2.29. The van der Waals surface area contributed by atoms with Gasteiger partial charge in [-0.1, -0.05) is 29.8 Å². The molecule has 0 amide bonds. The van der Waals surface area contributed by atoms with E-state index in [1.165, 1.54) is 13.0 Å². The molecule has 1 saturated heterocycles. The number of hydrogen-bond acceptors (Lipinski definition) is 2. The number of hydrogen-bond donors (Lipinski definition) is 0. The van der Waals surface area contributed by atoms with Gasteiger partial charge in [0.25, 0.3) is 0 Å². The first kappa shape index (κ1) is 12.5. The molecule has 1 fully saturated rings. The zero-order valence-electron chi connectivity index (χ0n) is 9.50. The normalized spacial score (nSPS) is 24.9. The molecule has 0 radical (unpaired) electrons. The van der Waals surface area contributed by atoms with E-state index in [0.717, 1.165) is 30.4 Å². The zero-order valence-corrected chi connectivity index (χ0v) is 11.1. The maximum atomic E-state index is 5.40. The van der Waals surface area contributed by atoms with Crippen LogP contribution in [-0.2, 0) is 4.74 Å². The maximum absolute atomic E-state index is 5.40. The lowest BCUT2D eigenvalue weighted by molar-refractivity contribution is 0.145. The highest BCUT2D eigenvalue weighted by Gasteiger charge is 2.23. The van der Waals surface area contributed by atoms with Crippen LogP contribution < -0.4 is 0 Å². The summed E-state index contributed by atoms with van der Waals surface area (Å²) in [5, 5.41) is 1.10. The van der Waals surface area contributed by atoms with Crippen LogP contribution in [0.3, 0.4) is 0 Å².